The Morgan fingerprint density at radius 3 is 2.53 bits per heavy atom. The average molecular weight is 482 g/mol. The van der Waals surface area contributed by atoms with Crippen LogP contribution < -0.4 is 9.64 Å². The van der Waals surface area contributed by atoms with Crippen molar-refractivity contribution < 1.29 is 24.4 Å². The molecule has 0 saturated heterocycles. The standard InChI is InChI=1S/C28H22N2O6/c1-36-26-14-13-19(15-24(26)30(34)35)25(31)16-28(33)22-11-4-5-12-23(22)29(27(28)32)17-20-9-6-8-18-7-2-3-10-21(18)20/h2-15,33H,16-17H2,1H3/t28-/m0/s1. The van der Waals surface area contributed by atoms with Gasteiger partial charge < -0.3 is 14.7 Å². The van der Waals surface area contributed by atoms with Crippen LogP contribution in [0.2, 0.25) is 0 Å². The van der Waals surface area contributed by atoms with E-state index in [9.17, 15) is 24.8 Å². The van der Waals surface area contributed by atoms with Crippen molar-refractivity contribution in [3.63, 3.8) is 0 Å². The summed E-state index contributed by atoms with van der Waals surface area (Å²) in [7, 11) is 1.30. The summed E-state index contributed by atoms with van der Waals surface area (Å²) in [6.07, 6.45) is -0.557. The van der Waals surface area contributed by atoms with Gasteiger partial charge in [-0.05, 0) is 34.5 Å². The molecule has 4 aromatic rings. The van der Waals surface area contributed by atoms with Gasteiger partial charge in [0.25, 0.3) is 5.91 Å². The second-order valence-corrected chi connectivity index (χ2v) is 8.65. The van der Waals surface area contributed by atoms with Crippen LogP contribution in [0.3, 0.4) is 0 Å². The summed E-state index contributed by atoms with van der Waals surface area (Å²) in [5.41, 5.74) is -0.720. The van der Waals surface area contributed by atoms with Crippen molar-refractivity contribution in [3.05, 3.63) is 112 Å². The van der Waals surface area contributed by atoms with Gasteiger partial charge in [-0.3, -0.25) is 19.7 Å². The summed E-state index contributed by atoms with van der Waals surface area (Å²) in [6.45, 7) is 0.210. The molecule has 1 N–H and O–H groups in total. The molecular formula is C28H22N2O6. The molecule has 8 nitrogen and oxygen atoms in total. The highest BCUT2D eigenvalue weighted by Crippen LogP contribution is 2.44. The third-order valence-corrected chi connectivity index (χ3v) is 6.56. The first-order chi connectivity index (χ1) is 17.3. The number of fused-ring (bicyclic) bond motifs is 2. The van der Waals surface area contributed by atoms with E-state index in [-0.39, 0.29) is 23.5 Å². The molecule has 5 rings (SSSR count). The number of nitro groups is 1. The highest BCUT2D eigenvalue weighted by molar-refractivity contribution is 6.11. The third-order valence-electron chi connectivity index (χ3n) is 6.56. The largest absolute Gasteiger partial charge is 0.490 e. The minimum atomic E-state index is -2.10. The number of methoxy groups -OCH3 is 1. The Morgan fingerprint density at radius 1 is 1.03 bits per heavy atom. The van der Waals surface area contributed by atoms with E-state index < -0.39 is 28.6 Å². The van der Waals surface area contributed by atoms with E-state index in [2.05, 4.69) is 0 Å². The molecule has 1 amide bonds. The molecule has 0 spiro atoms. The molecule has 180 valence electrons. The van der Waals surface area contributed by atoms with Crippen molar-refractivity contribution in [3.8, 4) is 5.75 Å². The van der Waals surface area contributed by atoms with Gasteiger partial charge in [0.2, 0.25) is 0 Å². The van der Waals surface area contributed by atoms with E-state index in [4.69, 9.17) is 4.74 Å². The van der Waals surface area contributed by atoms with Crippen molar-refractivity contribution in [1.29, 1.82) is 0 Å². The van der Waals surface area contributed by atoms with E-state index in [1.54, 1.807) is 24.3 Å². The number of Topliss-reactive ketones (excluding diaryl/α,β-unsaturated/α-hetero) is 1. The van der Waals surface area contributed by atoms with Gasteiger partial charge in [0.15, 0.2) is 17.1 Å². The van der Waals surface area contributed by atoms with Crippen molar-refractivity contribution >= 4 is 33.8 Å². The van der Waals surface area contributed by atoms with E-state index in [0.717, 1.165) is 22.4 Å². The lowest BCUT2D eigenvalue weighted by atomic mass is 9.88. The zero-order valence-corrected chi connectivity index (χ0v) is 19.4. The Morgan fingerprint density at radius 2 is 1.75 bits per heavy atom. The quantitative estimate of drug-likeness (QED) is 0.231. The smallest absolute Gasteiger partial charge is 0.311 e. The Hall–Kier alpha value is -4.56. The fourth-order valence-electron chi connectivity index (χ4n) is 4.78. The zero-order valence-electron chi connectivity index (χ0n) is 19.4. The lowest BCUT2D eigenvalue weighted by Gasteiger charge is -2.23. The first-order valence-electron chi connectivity index (χ1n) is 11.3. The van der Waals surface area contributed by atoms with Gasteiger partial charge in [-0.2, -0.15) is 0 Å². The molecule has 36 heavy (non-hydrogen) atoms. The maximum absolute atomic E-state index is 13.7. The predicted molar refractivity (Wildman–Crippen MR) is 134 cm³/mol. The summed E-state index contributed by atoms with van der Waals surface area (Å²) in [5.74, 6) is -1.20. The van der Waals surface area contributed by atoms with Crippen LogP contribution in [0.1, 0.15) is 27.9 Å². The van der Waals surface area contributed by atoms with Crippen molar-refractivity contribution in [1.82, 2.24) is 0 Å². The molecule has 0 radical (unpaired) electrons. The Bertz CT molecular complexity index is 1530. The van der Waals surface area contributed by atoms with Crippen LogP contribution in [0.25, 0.3) is 10.8 Å². The summed E-state index contributed by atoms with van der Waals surface area (Å²) >= 11 is 0. The number of hydrogen-bond donors (Lipinski definition) is 1. The normalized spacial score (nSPS) is 16.7. The minimum absolute atomic E-state index is 0.00806. The number of anilines is 1. The molecule has 0 saturated carbocycles. The number of benzene rings is 4. The van der Waals surface area contributed by atoms with Crippen LogP contribution in [0.15, 0.2) is 84.9 Å². The SMILES string of the molecule is COc1ccc(C(=O)C[C@@]2(O)C(=O)N(Cc3cccc4ccccc34)c3ccccc32)cc1[N+](=O)[O-]. The number of nitro benzene ring substituents is 1. The van der Waals surface area contributed by atoms with Crippen molar-refractivity contribution in [2.75, 3.05) is 12.0 Å². The topological polar surface area (TPSA) is 110 Å². The molecule has 0 aromatic heterocycles. The molecule has 0 unspecified atom stereocenters. The zero-order chi connectivity index (χ0) is 25.4. The number of hydrogen-bond acceptors (Lipinski definition) is 6. The Kier molecular flexibility index (Phi) is 5.74. The highest BCUT2D eigenvalue weighted by Gasteiger charge is 2.50. The predicted octanol–water partition coefficient (Wildman–Crippen LogP) is 4.76. The molecule has 8 heteroatoms. The van der Waals surface area contributed by atoms with Gasteiger partial charge >= 0.3 is 5.69 Å². The number of nitrogens with zero attached hydrogens (tertiary/aromatic N) is 2. The first kappa shape index (κ1) is 23.2. The molecule has 1 aliphatic rings. The number of carbonyl (C=O) groups is 2. The third kappa shape index (κ3) is 3.77. The second kappa shape index (κ2) is 8.90. The van der Waals surface area contributed by atoms with Gasteiger partial charge in [0.1, 0.15) is 0 Å². The summed E-state index contributed by atoms with van der Waals surface area (Å²) < 4.78 is 5.00. The fraction of sp³-hybridized carbons (Fsp3) is 0.143. The van der Waals surface area contributed by atoms with Crippen LogP contribution in [0.5, 0.6) is 5.75 Å². The van der Waals surface area contributed by atoms with Gasteiger partial charge in [0, 0.05) is 17.2 Å². The van der Waals surface area contributed by atoms with E-state index in [1.807, 2.05) is 42.5 Å². The second-order valence-electron chi connectivity index (χ2n) is 8.65. The number of carbonyl (C=O) groups excluding carboxylic acids is 2. The van der Waals surface area contributed by atoms with Crippen LogP contribution in [-0.2, 0) is 16.9 Å². The number of aliphatic hydroxyl groups is 1. The van der Waals surface area contributed by atoms with Gasteiger partial charge in [-0.25, -0.2) is 0 Å². The lowest BCUT2D eigenvalue weighted by molar-refractivity contribution is -0.385. The molecule has 0 fully saturated rings. The van der Waals surface area contributed by atoms with Crippen LogP contribution >= 0.6 is 0 Å². The molecule has 1 atom stereocenters. The molecule has 0 bridgehead atoms. The van der Waals surface area contributed by atoms with Crippen LogP contribution in [0, 0.1) is 10.1 Å². The van der Waals surface area contributed by atoms with Crippen molar-refractivity contribution in [2.24, 2.45) is 0 Å². The number of ether oxygens (including phenoxy) is 1. The number of rotatable bonds is 7. The van der Waals surface area contributed by atoms with E-state index >= 15 is 0 Å². The van der Waals surface area contributed by atoms with E-state index in [0.29, 0.717) is 11.3 Å². The number of para-hydroxylation sites is 1. The maximum Gasteiger partial charge on any atom is 0.311 e. The van der Waals surface area contributed by atoms with Gasteiger partial charge in [-0.1, -0.05) is 60.7 Å². The first-order valence-corrected chi connectivity index (χ1v) is 11.3. The molecule has 0 aliphatic carbocycles. The minimum Gasteiger partial charge on any atom is -0.490 e. The number of amides is 1. The van der Waals surface area contributed by atoms with Gasteiger partial charge in [-0.15, -0.1) is 0 Å². The van der Waals surface area contributed by atoms with E-state index in [1.165, 1.54) is 24.1 Å². The molecule has 1 heterocycles. The number of ketones is 1. The molecule has 1 aliphatic heterocycles. The fourth-order valence-corrected chi connectivity index (χ4v) is 4.78. The Labute approximate surface area is 206 Å². The van der Waals surface area contributed by atoms with Crippen molar-refractivity contribution in [2.45, 2.75) is 18.6 Å². The van der Waals surface area contributed by atoms with Crippen LogP contribution in [-0.4, -0.2) is 28.8 Å². The maximum atomic E-state index is 13.7. The summed E-state index contributed by atoms with van der Waals surface area (Å²) in [5, 5.41) is 25.0. The lowest BCUT2D eigenvalue weighted by Crippen LogP contribution is -2.41. The average Bonchev–Trinajstić information content (AvgIpc) is 3.10. The highest BCUT2D eigenvalue weighted by atomic mass is 16.6. The van der Waals surface area contributed by atoms with Crippen LogP contribution in [0.4, 0.5) is 11.4 Å². The summed E-state index contributed by atoms with van der Waals surface area (Å²) in [6, 6.07) is 24.3. The molecule has 4 aromatic carbocycles. The summed E-state index contributed by atoms with van der Waals surface area (Å²) in [4.78, 5) is 39.1. The monoisotopic (exact) mass is 482 g/mol. The Balaban J connectivity index is 1.50. The molecular weight excluding hydrogens is 460 g/mol. The van der Waals surface area contributed by atoms with Gasteiger partial charge in [0.05, 0.1) is 30.7 Å².